The molecule has 10 heavy (non-hydrogen) atoms. The van der Waals surface area contributed by atoms with Crippen molar-refractivity contribution in [3.63, 3.8) is 0 Å². The van der Waals surface area contributed by atoms with Crippen LogP contribution in [0.4, 0.5) is 0 Å². The minimum Gasteiger partial charge on any atom is -0.140 e. The number of nitrogens with zero attached hydrogens (tertiary/aromatic N) is 1. The number of quaternary nitrogens is 1. The van der Waals surface area contributed by atoms with Crippen LogP contribution in [0, 0.1) is 0 Å². The Bertz CT molecular complexity index is 106. The molecule has 59 valence electrons. The van der Waals surface area contributed by atoms with Crippen molar-refractivity contribution in [1.29, 1.82) is 0 Å². The molecule has 0 aliphatic carbocycles. The van der Waals surface area contributed by atoms with Gasteiger partial charge in [0.25, 0.3) is 0 Å². The SMILES string of the molecule is CC(C)[N+]1([O])CCCCC1. The lowest BCUT2D eigenvalue weighted by Crippen LogP contribution is -2.51. The summed E-state index contributed by atoms with van der Waals surface area (Å²) in [6, 6.07) is 0.264. The molecular weight excluding hydrogens is 126 g/mol. The summed E-state index contributed by atoms with van der Waals surface area (Å²) in [5.41, 5.74) is 0. The van der Waals surface area contributed by atoms with Crippen molar-refractivity contribution in [2.75, 3.05) is 13.1 Å². The van der Waals surface area contributed by atoms with Gasteiger partial charge in [0.2, 0.25) is 0 Å². The van der Waals surface area contributed by atoms with Crippen LogP contribution in [0.25, 0.3) is 0 Å². The monoisotopic (exact) mass is 143 g/mol. The summed E-state index contributed by atoms with van der Waals surface area (Å²) in [6.45, 7) is 5.74. The number of piperidine rings is 1. The summed E-state index contributed by atoms with van der Waals surface area (Å²) in [7, 11) is 0. The summed E-state index contributed by atoms with van der Waals surface area (Å²) >= 11 is 0. The number of hydroxylamine groups is 3. The Morgan fingerprint density at radius 2 is 1.60 bits per heavy atom. The van der Waals surface area contributed by atoms with Gasteiger partial charge in [0.15, 0.2) is 0 Å². The van der Waals surface area contributed by atoms with Gasteiger partial charge < -0.3 is 0 Å². The molecule has 1 aliphatic heterocycles. The highest BCUT2D eigenvalue weighted by Crippen LogP contribution is 2.19. The molecule has 0 aromatic carbocycles. The van der Waals surface area contributed by atoms with Gasteiger partial charge in [0.05, 0.1) is 0 Å². The predicted molar refractivity (Wildman–Crippen MR) is 39.7 cm³/mol. The first-order valence-corrected chi connectivity index (χ1v) is 4.23. The third-order valence-electron chi connectivity index (χ3n) is 2.51. The first kappa shape index (κ1) is 8.02. The van der Waals surface area contributed by atoms with Crippen LogP contribution < -0.4 is 0 Å². The summed E-state index contributed by atoms with van der Waals surface area (Å²) in [4.78, 5) is 0. The van der Waals surface area contributed by atoms with E-state index in [1.54, 1.807) is 0 Å². The van der Waals surface area contributed by atoms with Gasteiger partial charge in [-0.15, -0.1) is 4.65 Å². The van der Waals surface area contributed by atoms with Crippen LogP contribution in [0.2, 0.25) is 0 Å². The molecule has 2 heteroatoms. The third kappa shape index (κ3) is 1.50. The topological polar surface area (TPSA) is 19.9 Å². The molecule has 0 aromatic heterocycles. The van der Waals surface area contributed by atoms with Gasteiger partial charge in [0, 0.05) is 5.21 Å². The minimum atomic E-state index is 0.0556. The van der Waals surface area contributed by atoms with E-state index < -0.39 is 0 Å². The standard InChI is InChI=1S/C8H17NO/c1-8(2)9(10)6-4-3-5-7-9/h8H,3-7H2,1-2H3/q+1. The molecule has 1 fully saturated rings. The molecule has 0 bridgehead atoms. The molecule has 0 aromatic rings. The Hall–Kier alpha value is -0.0800. The zero-order chi connectivity index (χ0) is 7.61. The van der Waals surface area contributed by atoms with E-state index in [4.69, 9.17) is 0 Å². The summed E-state index contributed by atoms with van der Waals surface area (Å²) in [5.74, 6) is 0. The van der Waals surface area contributed by atoms with E-state index in [0.29, 0.717) is 0 Å². The molecule has 0 spiro atoms. The van der Waals surface area contributed by atoms with E-state index in [-0.39, 0.29) is 10.7 Å². The van der Waals surface area contributed by atoms with Crippen LogP contribution in [0.1, 0.15) is 33.1 Å². The number of hydrogen-bond acceptors (Lipinski definition) is 0. The van der Waals surface area contributed by atoms with Crippen LogP contribution in [0.15, 0.2) is 0 Å². The van der Waals surface area contributed by atoms with Crippen LogP contribution in [-0.2, 0) is 5.21 Å². The lowest BCUT2D eigenvalue weighted by Gasteiger charge is -2.33. The molecule has 0 N–H and O–H groups in total. The summed E-state index contributed by atoms with van der Waals surface area (Å²) < 4.78 is 0.0556. The lowest BCUT2D eigenvalue weighted by molar-refractivity contribution is -1.14. The molecule has 1 rings (SSSR count). The average molecular weight is 143 g/mol. The number of rotatable bonds is 1. The highest BCUT2D eigenvalue weighted by molar-refractivity contribution is 4.51. The smallest absolute Gasteiger partial charge is 0.117 e. The van der Waals surface area contributed by atoms with Crippen LogP contribution in [0.5, 0.6) is 0 Å². The van der Waals surface area contributed by atoms with Gasteiger partial charge in [-0.1, -0.05) is 0 Å². The second-order valence-corrected chi connectivity index (χ2v) is 3.55. The van der Waals surface area contributed by atoms with Crippen molar-refractivity contribution in [1.82, 2.24) is 0 Å². The summed E-state index contributed by atoms with van der Waals surface area (Å²) in [6.07, 6.45) is 3.51. The van der Waals surface area contributed by atoms with Crippen molar-refractivity contribution >= 4 is 0 Å². The molecule has 1 aliphatic rings. The quantitative estimate of drug-likeness (QED) is 0.498. The zero-order valence-electron chi connectivity index (χ0n) is 6.97. The van der Waals surface area contributed by atoms with Gasteiger partial charge in [-0.05, 0) is 33.1 Å². The fourth-order valence-electron chi connectivity index (χ4n) is 1.56. The van der Waals surface area contributed by atoms with E-state index in [9.17, 15) is 5.21 Å². The molecule has 0 unspecified atom stereocenters. The van der Waals surface area contributed by atoms with Crippen molar-refractivity contribution in [2.45, 2.75) is 39.2 Å². The van der Waals surface area contributed by atoms with Crippen molar-refractivity contribution in [3.05, 3.63) is 0 Å². The first-order chi connectivity index (χ1) is 4.65. The number of hydrogen-bond donors (Lipinski definition) is 0. The third-order valence-corrected chi connectivity index (χ3v) is 2.51. The summed E-state index contributed by atoms with van der Waals surface area (Å²) in [5, 5.41) is 11.8. The lowest BCUT2D eigenvalue weighted by atomic mass is 10.1. The normalized spacial score (nSPS) is 25.2. The predicted octanol–water partition coefficient (Wildman–Crippen LogP) is 1.74. The fourth-order valence-corrected chi connectivity index (χ4v) is 1.56. The van der Waals surface area contributed by atoms with E-state index in [1.807, 2.05) is 13.8 Å². The maximum absolute atomic E-state index is 11.8. The van der Waals surface area contributed by atoms with E-state index in [1.165, 1.54) is 6.42 Å². The number of likely N-dealkylation sites (tertiary alicyclic amines) is 1. The molecule has 1 saturated heterocycles. The highest BCUT2D eigenvalue weighted by Gasteiger charge is 2.33. The zero-order valence-corrected chi connectivity index (χ0v) is 6.97. The maximum atomic E-state index is 11.8. The molecule has 1 heterocycles. The molecule has 0 amide bonds. The minimum absolute atomic E-state index is 0.0556. The Kier molecular flexibility index (Phi) is 2.32. The highest BCUT2D eigenvalue weighted by atomic mass is 16.5. The Morgan fingerprint density at radius 1 is 1.10 bits per heavy atom. The molecule has 1 radical (unpaired) electrons. The fraction of sp³-hybridized carbons (Fsp3) is 1.00. The second kappa shape index (κ2) is 2.89. The Labute approximate surface area is 63.0 Å². The molecular formula is C8H17NO+. The largest absolute Gasteiger partial charge is 0.140 e. The maximum Gasteiger partial charge on any atom is 0.117 e. The van der Waals surface area contributed by atoms with E-state index >= 15 is 0 Å². The Balaban J connectivity index is 2.48. The molecule has 0 atom stereocenters. The first-order valence-electron chi connectivity index (χ1n) is 4.23. The van der Waals surface area contributed by atoms with Crippen molar-refractivity contribution < 1.29 is 9.85 Å². The van der Waals surface area contributed by atoms with Crippen LogP contribution in [-0.4, -0.2) is 23.8 Å². The van der Waals surface area contributed by atoms with E-state index in [2.05, 4.69) is 0 Å². The van der Waals surface area contributed by atoms with Crippen LogP contribution >= 0.6 is 0 Å². The second-order valence-electron chi connectivity index (χ2n) is 3.55. The van der Waals surface area contributed by atoms with Gasteiger partial charge in [0.1, 0.15) is 19.1 Å². The van der Waals surface area contributed by atoms with Gasteiger partial charge >= 0.3 is 0 Å². The van der Waals surface area contributed by atoms with Crippen molar-refractivity contribution in [3.8, 4) is 0 Å². The van der Waals surface area contributed by atoms with Gasteiger partial charge in [-0.2, -0.15) is 0 Å². The van der Waals surface area contributed by atoms with E-state index in [0.717, 1.165) is 25.9 Å². The average Bonchev–Trinajstić information content (AvgIpc) is 1.89. The van der Waals surface area contributed by atoms with Crippen LogP contribution in [0.3, 0.4) is 0 Å². The van der Waals surface area contributed by atoms with Crippen molar-refractivity contribution in [2.24, 2.45) is 0 Å². The van der Waals surface area contributed by atoms with Gasteiger partial charge in [-0.25, -0.2) is 0 Å². The Morgan fingerprint density at radius 3 is 1.90 bits per heavy atom. The molecule has 2 nitrogen and oxygen atoms in total. The van der Waals surface area contributed by atoms with Gasteiger partial charge in [-0.3, -0.25) is 0 Å². The molecule has 0 saturated carbocycles.